The number of pyridine rings is 1. The number of methoxy groups -OCH3 is 1. The minimum Gasteiger partial charge on any atom is -0.465 e. The molecule has 0 saturated heterocycles. The number of ether oxygens (including phenoxy) is 1. The molecule has 0 aliphatic carbocycles. The van der Waals surface area contributed by atoms with Crippen LogP contribution in [-0.4, -0.2) is 27.7 Å². The lowest BCUT2D eigenvalue weighted by Gasteiger charge is -1.97. The van der Waals surface area contributed by atoms with Crippen LogP contribution in [0.1, 0.15) is 16.2 Å². The number of fused-ring (bicyclic) bond motifs is 1. The summed E-state index contributed by atoms with van der Waals surface area (Å²) < 4.78 is 6.20. The minimum absolute atomic E-state index is 0.382. The van der Waals surface area contributed by atoms with Crippen molar-refractivity contribution >= 4 is 24.2 Å². The quantitative estimate of drug-likeness (QED) is 0.608. The molecule has 2 heterocycles. The minimum atomic E-state index is -0.382. The maximum atomic E-state index is 11.2. The van der Waals surface area contributed by atoms with E-state index in [1.54, 1.807) is 22.8 Å². The maximum absolute atomic E-state index is 11.2. The summed E-state index contributed by atoms with van der Waals surface area (Å²) in [5.74, 6) is 0.711. The van der Waals surface area contributed by atoms with E-state index < -0.39 is 0 Å². The Kier molecular flexibility index (Phi) is 2.59. The zero-order valence-electron chi connectivity index (χ0n) is 8.04. The van der Waals surface area contributed by atoms with Crippen molar-refractivity contribution in [1.82, 2.24) is 14.6 Å². The summed E-state index contributed by atoms with van der Waals surface area (Å²) in [5, 5.41) is 4.13. The lowest BCUT2D eigenvalue weighted by Crippen LogP contribution is -2.02. The third-order valence-corrected chi connectivity index (χ3v) is 2.23. The van der Waals surface area contributed by atoms with Gasteiger partial charge >= 0.3 is 5.97 Å². The summed E-state index contributed by atoms with van der Waals surface area (Å²) in [7, 11) is 1.34. The summed E-state index contributed by atoms with van der Waals surface area (Å²) in [5.41, 5.74) is 1.07. The molecule has 0 bridgehead atoms. The van der Waals surface area contributed by atoms with Gasteiger partial charge < -0.3 is 4.74 Å². The topological polar surface area (TPSA) is 56.5 Å². The van der Waals surface area contributed by atoms with Crippen LogP contribution in [-0.2, 0) is 10.5 Å². The first kappa shape index (κ1) is 9.97. The largest absolute Gasteiger partial charge is 0.465 e. The number of hydrogen-bond acceptors (Lipinski definition) is 5. The van der Waals surface area contributed by atoms with Crippen LogP contribution in [0.4, 0.5) is 0 Å². The highest BCUT2D eigenvalue weighted by Gasteiger charge is 2.08. The van der Waals surface area contributed by atoms with Crippen LogP contribution in [0.3, 0.4) is 0 Å². The molecule has 0 aromatic carbocycles. The average molecular weight is 223 g/mol. The number of nitrogens with zero attached hydrogens (tertiary/aromatic N) is 3. The van der Waals surface area contributed by atoms with Crippen molar-refractivity contribution in [3.05, 3.63) is 29.7 Å². The zero-order valence-corrected chi connectivity index (χ0v) is 8.94. The molecule has 0 aliphatic heterocycles. The zero-order chi connectivity index (χ0) is 10.8. The number of carbonyl (C=O) groups is 1. The molecule has 15 heavy (non-hydrogen) atoms. The van der Waals surface area contributed by atoms with Crippen molar-refractivity contribution in [2.75, 3.05) is 7.11 Å². The van der Waals surface area contributed by atoms with E-state index >= 15 is 0 Å². The van der Waals surface area contributed by atoms with Crippen LogP contribution in [0.15, 0.2) is 18.3 Å². The molecular weight excluding hydrogens is 214 g/mol. The van der Waals surface area contributed by atoms with Crippen LogP contribution in [0.25, 0.3) is 5.65 Å². The normalized spacial score (nSPS) is 10.5. The van der Waals surface area contributed by atoms with E-state index in [2.05, 4.69) is 27.4 Å². The lowest BCUT2D eigenvalue weighted by atomic mass is 10.3. The number of rotatable bonds is 2. The van der Waals surface area contributed by atoms with Gasteiger partial charge in [0, 0.05) is 6.20 Å². The molecule has 5 nitrogen and oxygen atoms in total. The fourth-order valence-electron chi connectivity index (χ4n) is 1.24. The Morgan fingerprint density at radius 2 is 2.47 bits per heavy atom. The third-order valence-electron chi connectivity index (χ3n) is 1.94. The van der Waals surface area contributed by atoms with Crippen LogP contribution in [0.5, 0.6) is 0 Å². The van der Waals surface area contributed by atoms with E-state index in [0.717, 1.165) is 0 Å². The molecule has 0 spiro atoms. The second-order valence-electron chi connectivity index (χ2n) is 2.90. The van der Waals surface area contributed by atoms with Gasteiger partial charge in [-0.1, -0.05) is 0 Å². The van der Waals surface area contributed by atoms with Crippen molar-refractivity contribution in [2.45, 2.75) is 5.75 Å². The Morgan fingerprint density at radius 1 is 1.67 bits per heavy atom. The van der Waals surface area contributed by atoms with E-state index in [1.165, 1.54) is 7.11 Å². The number of esters is 1. The van der Waals surface area contributed by atoms with Crippen molar-refractivity contribution in [2.24, 2.45) is 0 Å². The molecule has 2 aromatic rings. The summed E-state index contributed by atoms with van der Waals surface area (Å²) in [4.78, 5) is 15.4. The molecule has 0 unspecified atom stereocenters. The molecule has 2 aromatic heterocycles. The van der Waals surface area contributed by atoms with E-state index in [-0.39, 0.29) is 5.97 Å². The number of hydrogen-bond donors (Lipinski definition) is 1. The summed E-state index contributed by atoms with van der Waals surface area (Å²) in [6, 6.07) is 3.27. The Bertz CT molecular complexity index is 509. The van der Waals surface area contributed by atoms with E-state index in [9.17, 15) is 4.79 Å². The van der Waals surface area contributed by atoms with E-state index in [4.69, 9.17) is 0 Å². The van der Waals surface area contributed by atoms with Gasteiger partial charge in [-0.05, 0) is 12.1 Å². The molecule has 0 N–H and O–H groups in total. The molecule has 0 fully saturated rings. The van der Waals surface area contributed by atoms with Gasteiger partial charge in [0.05, 0.1) is 18.4 Å². The first-order valence-electron chi connectivity index (χ1n) is 4.29. The van der Waals surface area contributed by atoms with E-state index in [0.29, 0.717) is 22.8 Å². The Balaban J connectivity index is 2.50. The molecule has 0 radical (unpaired) electrons. The molecule has 0 atom stereocenters. The third kappa shape index (κ3) is 1.80. The molecule has 6 heteroatoms. The molecule has 2 rings (SSSR count). The fraction of sp³-hybridized carbons (Fsp3) is 0.222. The van der Waals surface area contributed by atoms with Crippen LogP contribution >= 0.6 is 12.6 Å². The first-order chi connectivity index (χ1) is 7.24. The maximum Gasteiger partial charge on any atom is 0.338 e. The highest BCUT2D eigenvalue weighted by atomic mass is 32.1. The van der Waals surface area contributed by atoms with Gasteiger partial charge in [-0.25, -0.2) is 14.3 Å². The van der Waals surface area contributed by atoms with Crippen LogP contribution in [0.2, 0.25) is 0 Å². The second-order valence-corrected chi connectivity index (χ2v) is 3.21. The van der Waals surface area contributed by atoms with Crippen molar-refractivity contribution in [1.29, 1.82) is 0 Å². The lowest BCUT2D eigenvalue weighted by molar-refractivity contribution is 0.0600. The van der Waals surface area contributed by atoms with Gasteiger partial charge in [-0.15, -0.1) is 0 Å². The Hall–Kier alpha value is -1.56. The van der Waals surface area contributed by atoms with Crippen LogP contribution < -0.4 is 0 Å². The smallest absolute Gasteiger partial charge is 0.338 e. The standard InChI is InChI=1S/C9H9N3O2S/c1-14-9(13)6-2-3-12-8(4-6)10-7(5-15)11-12/h2-4,15H,5H2,1H3. The monoisotopic (exact) mass is 223 g/mol. The number of thiol groups is 1. The van der Waals surface area contributed by atoms with Gasteiger partial charge in [-0.2, -0.15) is 17.7 Å². The van der Waals surface area contributed by atoms with Gasteiger partial charge in [-0.3, -0.25) is 0 Å². The van der Waals surface area contributed by atoms with Crippen molar-refractivity contribution in [3.63, 3.8) is 0 Å². The first-order valence-corrected chi connectivity index (χ1v) is 4.92. The number of carbonyl (C=O) groups excluding carboxylic acids is 1. The predicted octanol–water partition coefficient (Wildman–Crippen LogP) is 0.946. The van der Waals surface area contributed by atoms with Gasteiger partial charge in [0.25, 0.3) is 0 Å². The Morgan fingerprint density at radius 3 is 3.13 bits per heavy atom. The molecule has 0 amide bonds. The molecule has 0 aliphatic rings. The summed E-state index contributed by atoms with van der Waals surface area (Å²) >= 11 is 4.08. The highest BCUT2D eigenvalue weighted by Crippen LogP contribution is 2.07. The average Bonchev–Trinajstić information content (AvgIpc) is 2.69. The van der Waals surface area contributed by atoms with E-state index in [1.807, 2.05) is 0 Å². The summed E-state index contributed by atoms with van der Waals surface area (Å²) in [6.07, 6.45) is 1.67. The highest BCUT2D eigenvalue weighted by molar-refractivity contribution is 7.79. The van der Waals surface area contributed by atoms with Crippen molar-refractivity contribution < 1.29 is 9.53 Å². The number of aromatic nitrogens is 3. The molecule has 0 saturated carbocycles. The SMILES string of the molecule is COC(=O)c1ccn2nc(CS)nc2c1. The summed E-state index contributed by atoms with van der Waals surface area (Å²) in [6.45, 7) is 0. The predicted molar refractivity (Wildman–Crippen MR) is 57.0 cm³/mol. The molecule has 78 valence electrons. The van der Waals surface area contributed by atoms with Gasteiger partial charge in [0.2, 0.25) is 0 Å². The fourth-order valence-corrected chi connectivity index (χ4v) is 1.37. The van der Waals surface area contributed by atoms with Gasteiger partial charge in [0.15, 0.2) is 11.5 Å². The van der Waals surface area contributed by atoms with Crippen LogP contribution in [0, 0.1) is 0 Å². The Labute approximate surface area is 91.5 Å². The van der Waals surface area contributed by atoms with Crippen molar-refractivity contribution in [3.8, 4) is 0 Å². The second kappa shape index (κ2) is 3.90. The molecular formula is C9H9N3O2S. The van der Waals surface area contributed by atoms with Gasteiger partial charge in [0.1, 0.15) is 0 Å².